The summed E-state index contributed by atoms with van der Waals surface area (Å²) in [5.74, 6) is 1.10. The quantitative estimate of drug-likeness (QED) is 0.811. The first-order chi connectivity index (χ1) is 7.84. The van der Waals surface area contributed by atoms with Gasteiger partial charge in [0.05, 0.1) is 18.6 Å². The lowest BCUT2D eigenvalue weighted by molar-refractivity contribution is 0.860. The number of fused-ring (bicyclic) bond motifs is 1. The molecule has 0 bridgehead atoms. The molecule has 0 saturated carbocycles. The van der Waals surface area contributed by atoms with E-state index in [-0.39, 0.29) is 0 Å². The molecule has 0 radical (unpaired) electrons. The number of hydrogen-bond donors (Lipinski definition) is 1. The highest BCUT2D eigenvalue weighted by molar-refractivity contribution is 5.88. The lowest BCUT2D eigenvalue weighted by Crippen LogP contribution is -2.23. The molecule has 1 N–H and O–H groups in total. The van der Waals surface area contributed by atoms with Crippen LogP contribution in [0.2, 0.25) is 0 Å². The van der Waals surface area contributed by atoms with Crippen LogP contribution < -0.4 is 5.32 Å². The van der Waals surface area contributed by atoms with Crippen molar-refractivity contribution in [3.63, 3.8) is 0 Å². The summed E-state index contributed by atoms with van der Waals surface area (Å²) in [6, 6.07) is 8.58. The van der Waals surface area contributed by atoms with Gasteiger partial charge < -0.3 is 9.88 Å². The van der Waals surface area contributed by atoms with Gasteiger partial charge in [-0.3, -0.25) is 4.99 Å². The molecule has 3 nitrogen and oxygen atoms in total. The van der Waals surface area contributed by atoms with Crippen LogP contribution in [0.15, 0.2) is 35.5 Å². The van der Waals surface area contributed by atoms with Gasteiger partial charge in [-0.2, -0.15) is 0 Å². The Hall–Kier alpha value is -1.77. The summed E-state index contributed by atoms with van der Waals surface area (Å²) in [4.78, 5) is 4.43. The van der Waals surface area contributed by atoms with Gasteiger partial charge in [0.2, 0.25) is 0 Å². The number of para-hydroxylation sites is 1. The summed E-state index contributed by atoms with van der Waals surface area (Å²) >= 11 is 0. The molecule has 0 saturated heterocycles. The van der Waals surface area contributed by atoms with Crippen molar-refractivity contribution in [3.05, 3.63) is 36.0 Å². The van der Waals surface area contributed by atoms with Crippen LogP contribution in [-0.4, -0.2) is 23.5 Å². The third-order valence-corrected chi connectivity index (χ3v) is 3.05. The highest BCUT2D eigenvalue weighted by Gasteiger charge is 2.08. The van der Waals surface area contributed by atoms with Crippen molar-refractivity contribution in [1.82, 2.24) is 9.88 Å². The zero-order valence-corrected chi connectivity index (χ0v) is 9.40. The van der Waals surface area contributed by atoms with E-state index in [9.17, 15) is 0 Å². The minimum Gasteiger partial charge on any atom is -0.370 e. The van der Waals surface area contributed by atoms with E-state index in [2.05, 4.69) is 52.3 Å². The van der Waals surface area contributed by atoms with E-state index < -0.39 is 0 Å². The molecule has 0 unspecified atom stereocenters. The van der Waals surface area contributed by atoms with Crippen molar-refractivity contribution >= 4 is 16.7 Å². The largest absolute Gasteiger partial charge is 0.370 e. The summed E-state index contributed by atoms with van der Waals surface area (Å²) in [5, 5.41) is 4.61. The number of rotatable bonds is 2. The summed E-state index contributed by atoms with van der Waals surface area (Å²) in [6.07, 6.45) is 2.14. The van der Waals surface area contributed by atoms with Crippen LogP contribution in [0.25, 0.3) is 10.9 Å². The molecule has 0 fully saturated rings. The van der Waals surface area contributed by atoms with Crippen LogP contribution in [0, 0.1) is 6.92 Å². The number of aryl methyl sites for hydroxylation is 1. The second kappa shape index (κ2) is 3.67. The molecule has 3 rings (SSSR count). The Morgan fingerprint density at radius 3 is 3.12 bits per heavy atom. The SMILES string of the molecule is Cc1cccc2ccn(CC3=NCCN3)c12. The fraction of sp³-hybridized carbons (Fsp3) is 0.308. The Labute approximate surface area is 94.8 Å². The Morgan fingerprint density at radius 2 is 2.31 bits per heavy atom. The number of benzene rings is 1. The van der Waals surface area contributed by atoms with E-state index >= 15 is 0 Å². The van der Waals surface area contributed by atoms with Crippen LogP contribution in [-0.2, 0) is 6.54 Å². The van der Waals surface area contributed by atoms with E-state index in [0.29, 0.717) is 0 Å². The molecule has 0 atom stereocenters. The molecule has 2 heterocycles. The topological polar surface area (TPSA) is 29.3 Å². The molecular formula is C13H15N3. The average molecular weight is 213 g/mol. The smallest absolute Gasteiger partial charge is 0.117 e. The van der Waals surface area contributed by atoms with Gasteiger partial charge in [0, 0.05) is 12.7 Å². The van der Waals surface area contributed by atoms with Crippen LogP contribution in [0.3, 0.4) is 0 Å². The normalized spacial score (nSPS) is 15.2. The van der Waals surface area contributed by atoms with Gasteiger partial charge in [0.25, 0.3) is 0 Å². The monoisotopic (exact) mass is 213 g/mol. The first-order valence-corrected chi connectivity index (χ1v) is 5.66. The number of amidine groups is 1. The summed E-state index contributed by atoms with van der Waals surface area (Å²) < 4.78 is 2.27. The maximum Gasteiger partial charge on any atom is 0.117 e. The van der Waals surface area contributed by atoms with E-state index in [4.69, 9.17) is 0 Å². The van der Waals surface area contributed by atoms with Crippen molar-refractivity contribution in [1.29, 1.82) is 0 Å². The van der Waals surface area contributed by atoms with Gasteiger partial charge in [-0.25, -0.2) is 0 Å². The molecule has 1 aromatic carbocycles. The van der Waals surface area contributed by atoms with Crippen molar-refractivity contribution in [2.45, 2.75) is 13.5 Å². The lowest BCUT2D eigenvalue weighted by atomic mass is 10.2. The van der Waals surface area contributed by atoms with Crippen LogP contribution >= 0.6 is 0 Å². The summed E-state index contributed by atoms with van der Waals surface area (Å²) in [6.45, 7) is 4.90. The lowest BCUT2D eigenvalue weighted by Gasteiger charge is -2.07. The zero-order chi connectivity index (χ0) is 11.0. The van der Waals surface area contributed by atoms with E-state index in [0.717, 1.165) is 25.5 Å². The van der Waals surface area contributed by atoms with Crippen molar-refractivity contribution in [2.75, 3.05) is 13.1 Å². The van der Waals surface area contributed by atoms with Crippen LogP contribution in [0.4, 0.5) is 0 Å². The second-order valence-corrected chi connectivity index (χ2v) is 4.21. The van der Waals surface area contributed by atoms with Crippen LogP contribution in [0.5, 0.6) is 0 Å². The Morgan fingerprint density at radius 1 is 1.38 bits per heavy atom. The predicted octanol–water partition coefficient (Wildman–Crippen LogP) is 1.95. The summed E-state index contributed by atoms with van der Waals surface area (Å²) in [5.41, 5.74) is 2.64. The minimum atomic E-state index is 0.856. The zero-order valence-electron chi connectivity index (χ0n) is 9.40. The molecule has 1 aliphatic rings. The number of nitrogens with zero attached hydrogens (tertiary/aromatic N) is 2. The molecule has 1 aromatic heterocycles. The van der Waals surface area contributed by atoms with E-state index in [1.807, 2.05) is 0 Å². The minimum absolute atomic E-state index is 0.856. The molecule has 16 heavy (non-hydrogen) atoms. The first-order valence-electron chi connectivity index (χ1n) is 5.66. The fourth-order valence-electron chi connectivity index (χ4n) is 2.30. The van der Waals surface area contributed by atoms with E-state index in [1.54, 1.807) is 0 Å². The molecule has 0 amide bonds. The van der Waals surface area contributed by atoms with Crippen LogP contribution in [0.1, 0.15) is 5.56 Å². The maximum atomic E-state index is 4.43. The highest BCUT2D eigenvalue weighted by Crippen LogP contribution is 2.19. The second-order valence-electron chi connectivity index (χ2n) is 4.21. The predicted molar refractivity (Wildman–Crippen MR) is 67.0 cm³/mol. The number of aliphatic imine (C=N–C) groups is 1. The van der Waals surface area contributed by atoms with Crippen molar-refractivity contribution in [3.8, 4) is 0 Å². The summed E-state index contributed by atoms with van der Waals surface area (Å²) in [7, 11) is 0. The molecule has 3 heteroatoms. The molecule has 82 valence electrons. The fourth-order valence-corrected chi connectivity index (χ4v) is 2.30. The molecule has 0 aliphatic carbocycles. The average Bonchev–Trinajstić information content (AvgIpc) is 2.90. The first kappa shape index (κ1) is 9.46. The third-order valence-electron chi connectivity index (χ3n) is 3.05. The van der Waals surface area contributed by atoms with Gasteiger partial charge in [-0.1, -0.05) is 18.2 Å². The molecular weight excluding hydrogens is 198 g/mol. The molecule has 0 spiro atoms. The number of nitrogens with one attached hydrogen (secondary N) is 1. The number of aromatic nitrogens is 1. The molecule has 1 aliphatic heterocycles. The number of hydrogen-bond acceptors (Lipinski definition) is 2. The van der Waals surface area contributed by atoms with Gasteiger partial charge in [-0.05, 0) is 23.9 Å². The third kappa shape index (κ3) is 1.48. The Bertz CT molecular complexity index is 551. The Balaban J connectivity index is 2.03. The van der Waals surface area contributed by atoms with E-state index in [1.165, 1.54) is 16.5 Å². The van der Waals surface area contributed by atoms with Gasteiger partial charge in [-0.15, -0.1) is 0 Å². The maximum absolute atomic E-state index is 4.43. The Kier molecular flexibility index (Phi) is 2.17. The van der Waals surface area contributed by atoms with Crippen molar-refractivity contribution < 1.29 is 0 Å². The van der Waals surface area contributed by atoms with Gasteiger partial charge in [0.1, 0.15) is 5.84 Å². The highest BCUT2D eigenvalue weighted by atomic mass is 15.1. The van der Waals surface area contributed by atoms with Crippen molar-refractivity contribution in [2.24, 2.45) is 4.99 Å². The van der Waals surface area contributed by atoms with Gasteiger partial charge >= 0.3 is 0 Å². The standard InChI is InChI=1S/C13H15N3/c1-10-3-2-4-11-5-8-16(13(10)11)9-12-14-6-7-15-12/h2-5,8H,6-7,9H2,1H3,(H,14,15). The van der Waals surface area contributed by atoms with Gasteiger partial charge in [0.15, 0.2) is 0 Å². The molecule has 2 aromatic rings.